The van der Waals surface area contributed by atoms with Gasteiger partial charge in [-0.1, -0.05) is 155 Å². The summed E-state index contributed by atoms with van der Waals surface area (Å²) in [7, 11) is -2.16. The minimum Gasteiger partial charge on any atom is -0.328 e. The highest BCUT2D eigenvalue weighted by molar-refractivity contribution is 7.39. The van der Waals surface area contributed by atoms with Crippen LogP contribution in [0.2, 0.25) is 0 Å². The van der Waals surface area contributed by atoms with Gasteiger partial charge in [0.2, 0.25) is 0 Å². The van der Waals surface area contributed by atoms with Crippen molar-refractivity contribution in [3.63, 3.8) is 0 Å². The summed E-state index contributed by atoms with van der Waals surface area (Å²) in [5, 5.41) is 0. The lowest BCUT2D eigenvalue weighted by Crippen LogP contribution is -2.27. The maximum absolute atomic E-state index is 8.69. The maximum Gasteiger partial charge on any atom is 0.327 e. The van der Waals surface area contributed by atoms with Gasteiger partial charge in [0.25, 0.3) is 0 Å². The number of hydrogen-bond donors (Lipinski definition) is 2. The van der Waals surface area contributed by atoms with Gasteiger partial charge in [-0.25, -0.2) is 0 Å². The fourth-order valence-electron chi connectivity index (χ4n) is 5.27. The van der Waals surface area contributed by atoms with E-state index >= 15 is 0 Å². The summed E-state index contributed by atoms with van der Waals surface area (Å²) < 4.78 is 4.79. The molecule has 0 saturated heterocycles. The molecule has 2 N–H and O–H groups in total. The molecule has 0 aliphatic rings. The molecule has 0 aromatic heterocycles. The first-order valence-electron chi connectivity index (χ1n) is 16.7. The summed E-state index contributed by atoms with van der Waals surface area (Å²) in [6.07, 6.45) is 35.7. The molecule has 224 valence electrons. The summed E-state index contributed by atoms with van der Waals surface area (Å²) in [5.74, 6) is 0. The molecule has 0 aromatic rings. The average molecular weight is 546 g/mol. The van der Waals surface area contributed by atoms with Gasteiger partial charge in [0.05, 0.1) is 6.61 Å². The van der Waals surface area contributed by atoms with E-state index in [1.54, 1.807) is 0 Å². The number of rotatable bonds is 32. The zero-order chi connectivity index (χ0) is 27.1. The number of nitrogens with zero attached hydrogens (tertiary/aromatic N) is 1. The van der Waals surface area contributed by atoms with Crippen LogP contribution in [0, 0.1) is 0 Å². The molecule has 0 spiro atoms. The van der Waals surface area contributed by atoms with Crippen molar-refractivity contribution in [3.05, 3.63) is 0 Å². The van der Waals surface area contributed by atoms with Crippen molar-refractivity contribution in [1.29, 1.82) is 0 Å². The molecule has 0 unspecified atom stereocenters. The lowest BCUT2D eigenvalue weighted by atomic mass is 10.0. The van der Waals surface area contributed by atoms with Crippen molar-refractivity contribution in [2.24, 2.45) is 0 Å². The molecule has 0 amide bonds. The zero-order valence-electron chi connectivity index (χ0n) is 25.4. The van der Waals surface area contributed by atoms with Crippen LogP contribution < -0.4 is 0 Å². The van der Waals surface area contributed by atoms with Gasteiger partial charge in [-0.3, -0.25) is 0 Å². The van der Waals surface area contributed by atoms with E-state index in [0.29, 0.717) is 6.61 Å². The molecule has 0 aliphatic carbocycles. The molecule has 0 bridgehead atoms. The quantitative estimate of drug-likeness (QED) is 0.0652. The van der Waals surface area contributed by atoms with E-state index in [2.05, 4.69) is 18.7 Å². The Morgan fingerprint density at radius 1 is 0.405 bits per heavy atom. The van der Waals surface area contributed by atoms with Gasteiger partial charge in [-0.2, -0.15) is 0 Å². The molecule has 0 aliphatic heterocycles. The lowest BCUT2D eigenvalue weighted by molar-refractivity contribution is 0.248. The first kappa shape index (κ1) is 37.3. The number of unbranched alkanes of at least 4 members (excludes halogenated alkanes) is 23. The van der Waals surface area contributed by atoms with Crippen LogP contribution >= 0.6 is 8.60 Å². The molecule has 0 heterocycles. The highest BCUT2D eigenvalue weighted by Crippen LogP contribution is 2.24. The summed E-state index contributed by atoms with van der Waals surface area (Å²) in [5.41, 5.74) is 0. The molecule has 4 nitrogen and oxygen atoms in total. The standard InChI is InChI=1S/C32H68NO3P/c1-3-5-7-9-21-25-29-33(30-26-22-10-8-6-4-2)31-27-23-19-17-15-13-11-12-14-16-18-20-24-28-32-36-37(34)35/h34-35H,3-32H2,1-2H3. The number of hydrogen-bond acceptors (Lipinski definition) is 4. The zero-order valence-corrected chi connectivity index (χ0v) is 26.3. The smallest absolute Gasteiger partial charge is 0.327 e. The van der Waals surface area contributed by atoms with Gasteiger partial charge in [0, 0.05) is 0 Å². The Bertz CT molecular complexity index is 395. The summed E-state index contributed by atoms with van der Waals surface area (Å²) in [6, 6.07) is 0. The van der Waals surface area contributed by atoms with E-state index in [1.165, 1.54) is 174 Å². The maximum atomic E-state index is 8.69. The Morgan fingerprint density at radius 2 is 0.676 bits per heavy atom. The predicted molar refractivity (Wildman–Crippen MR) is 165 cm³/mol. The van der Waals surface area contributed by atoms with E-state index in [4.69, 9.17) is 14.3 Å². The SMILES string of the molecule is CCCCCCCCN(CCCCCCCC)CCCCCCCCCCCCCCCCOP(O)O. The normalized spacial score (nSPS) is 11.8. The second-order valence-electron chi connectivity index (χ2n) is 11.4. The average Bonchev–Trinajstić information content (AvgIpc) is 2.89. The Balaban J connectivity index is 3.60. The molecule has 0 atom stereocenters. The van der Waals surface area contributed by atoms with Gasteiger partial charge in [-0.15, -0.1) is 0 Å². The molecular formula is C32H68NO3P. The topological polar surface area (TPSA) is 52.9 Å². The van der Waals surface area contributed by atoms with Crippen LogP contribution in [0.25, 0.3) is 0 Å². The minimum atomic E-state index is -2.16. The summed E-state index contributed by atoms with van der Waals surface area (Å²) in [4.78, 5) is 20.2. The Morgan fingerprint density at radius 3 is 0.973 bits per heavy atom. The highest BCUT2D eigenvalue weighted by atomic mass is 31.2. The highest BCUT2D eigenvalue weighted by Gasteiger charge is 2.05. The first-order chi connectivity index (χ1) is 18.2. The molecule has 0 rings (SSSR count). The Hall–Kier alpha value is 0.270. The molecule has 5 heteroatoms. The van der Waals surface area contributed by atoms with Crippen molar-refractivity contribution in [2.45, 2.75) is 181 Å². The van der Waals surface area contributed by atoms with Crippen LogP contribution in [-0.4, -0.2) is 40.9 Å². The molecule has 0 saturated carbocycles. The van der Waals surface area contributed by atoms with Crippen molar-refractivity contribution in [3.8, 4) is 0 Å². The van der Waals surface area contributed by atoms with Crippen molar-refractivity contribution >= 4 is 8.60 Å². The van der Waals surface area contributed by atoms with Gasteiger partial charge in [0.1, 0.15) is 0 Å². The third-order valence-electron chi connectivity index (χ3n) is 7.73. The van der Waals surface area contributed by atoms with Crippen LogP contribution in [0.1, 0.15) is 181 Å². The first-order valence-corrected chi connectivity index (χ1v) is 17.9. The largest absolute Gasteiger partial charge is 0.328 e. The van der Waals surface area contributed by atoms with Crippen LogP contribution in [-0.2, 0) is 4.52 Å². The fourth-order valence-corrected chi connectivity index (χ4v) is 5.56. The van der Waals surface area contributed by atoms with Gasteiger partial charge >= 0.3 is 8.60 Å². The van der Waals surface area contributed by atoms with Crippen LogP contribution in [0.15, 0.2) is 0 Å². The predicted octanol–water partition coefficient (Wildman–Crippen LogP) is 10.7. The van der Waals surface area contributed by atoms with Gasteiger partial charge in [0.15, 0.2) is 0 Å². The van der Waals surface area contributed by atoms with E-state index in [1.807, 2.05) is 0 Å². The second-order valence-corrected chi connectivity index (χ2v) is 12.2. The second kappa shape index (κ2) is 32.5. The summed E-state index contributed by atoms with van der Waals surface area (Å²) in [6.45, 7) is 9.11. The molecular weight excluding hydrogens is 477 g/mol. The molecule has 0 radical (unpaired) electrons. The molecule has 37 heavy (non-hydrogen) atoms. The Kier molecular flexibility index (Phi) is 32.7. The van der Waals surface area contributed by atoms with Crippen molar-refractivity contribution in [2.75, 3.05) is 26.2 Å². The third-order valence-corrected chi connectivity index (χ3v) is 8.14. The molecule has 0 aromatic carbocycles. The van der Waals surface area contributed by atoms with E-state index in [-0.39, 0.29) is 0 Å². The fraction of sp³-hybridized carbons (Fsp3) is 1.00. The summed E-state index contributed by atoms with van der Waals surface area (Å²) >= 11 is 0. The van der Waals surface area contributed by atoms with Crippen LogP contribution in [0.3, 0.4) is 0 Å². The van der Waals surface area contributed by atoms with Gasteiger partial charge < -0.3 is 19.2 Å². The van der Waals surface area contributed by atoms with Crippen molar-refractivity contribution < 1.29 is 14.3 Å². The minimum absolute atomic E-state index is 0.481. The van der Waals surface area contributed by atoms with Crippen LogP contribution in [0.4, 0.5) is 0 Å². The van der Waals surface area contributed by atoms with Crippen LogP contribution in [0.5, 0.6) is 0 Å². The lowest BCUT2D eigenvalue weighted by Gasteiger charge is -2.22. The van der Waals surface area contributed by atoms with E-state index in [0.717, 1.165) is 12.8 Å². The van der Waals surface area contributed by atoms with Gasteiger partial charge in [-0.05, 0) is 45.3 Å². The third kappa shape index (κ3) is 32.4. The van der Waals surface area contributed by atoms with Crippen molar-refractivity contribution in [1.82, 2.24) is 4.90 Å². The monoisotopic (exact) mass is 545 g/mol. The Labute approximate surface area is 234 Å². The van der Waals surface area contributed by atoms with E-state index in [9.17, 15) is 0 Å². The molecule has 0 fully saturated rings. The van der Waals surface area contributed by atoms with E-state index < -0.39 is 8.60 Å².